The molecule has 86 valence electrons. The Bertz CT molecular complexity index is 533. The maximum absolute atomic E-state index is 12.0. The predicted octanol–water partition coefficient (Wildman–Crippen LogP) is 2.93. The van der Waals surface area contributed by atoms with Crippen molar-refractivity contribution in [2.45, 2.75) is 0 Å². The topological polar surface area (TPSA) is 46.1 Å². The Kier molecular flexibility index (Phi) is 3.56. The van der Waals surface area contributed by atoms with Gasteiger partial charge in [-0.05, 0) is 24.3 Å². The Morgan fingerprint density at radius 1 is 1.24 bits per heavy atom. The number of anilines is 1. The zero-order valence-electron chi connectivity index (χ0n) is 8.55. The summed E-state index contributed by atoms with van der Waals surface area (Å²) in [5.74, 6) is -0.408. The van der Waals surface area contributed by atoms with E-state index < -0.39 is 5.91 Å². The summed E-state index contributed by atoms with van der Waals surface area (Å²) >= 11 is 11.8. The van der Waals surface area contributed by atoms with Crippen molar-refractivity contribution in [2.24, 2.45) is 0 Å². The van der Waals surface area contributed by atoms with Crippen molar-refractivity contribution < 1.29 is 4.79 Å². The highest BCUT2D eigenvalue weighted by Gasteiger charge is 2.18. The molecule has 0 aliphatic rings. The molecule has 0 N–H and O–H groups in total. The van der Waals surface area contributed by atoms with Gasteiger partial charge in [-0.2, -0.15) is 0 Å². The first kappa shape index (κ1) is 11.8. The van der Waals surface area contributed by atoms with Crippen LogP contribution in [0.4, 0.5) is 5.69 Å². The fourth-order valence-corrected chi connectivity index (χ4v) is 1.72. The Morgan fingerprint density at radius 3 is 2.65 bits per heavy atom. The molecule has 0 aliphatic carbocycles. The summed E-state index contributed by atoms with van der Waals surface area (Å²) in [6.07, 6.45) is 4.53. The van der Waals surface area contributed by atoms with E-state index in [1.54, 1.807) is 30.5 Å². The number of amides is 1. The highest BCUT2D eigenvalue weighted by atomic mass is 35.5. The molecule has 0 radical (unpaired) electrons. The van der Waals surface area contributed by atoms with E-state index in [9.17, 15) is 4.79 Å². The van der Waals surface area contributed by atoms with Gasteiger partial charge in [0.05, 0.1) is 11.3 Å². The maximum Gasteiger partial charge on any atom is 0.274 e. The maximum atomic E-state index is 12.0. The van der Waals surface area contributed by atoms with Crippen LogP contribution in [0.3, 0.4) is 0 Å². The summed E-state index contributed by atoms with van der Waals surface area (Å²) in [5.41, 5.74) is 0.715. The lowest BCUT2D eigenvalue weighted by molar-refractivity contribution is 0.100. The van der Waals surface area contributed by atoms with Crippen LogP contribution in [0.15, 0.2) is 42.9 Å². The van der Waals surface area contributed by atoms with Crippen molar-refractivity contribution in [1.29, 1.82) is 0 Å². The molecular formula is C11H7Cl2N3O. The number of halogens is 2. The molecule has 4 nitrogen and oxygen atoms in total. The van der Waals surface area contributed by atoms with Crippen LogP contribution in [0.25, 0.3) is 0 Å². The molecule has 0 aromatic carbocycles. The zero-order valence-corrected chi connectivity index (χ0v) is 10.1. The second-order valence-corrected chi connectivity index (χ2v) is 3.84. The number of carbonyl (C=O) groups is 1. The number of nitrogens with zero attached hydrogens (tertiary/aromatic N) is 3. The van der Waals surface area contributed by atoms with Gasteiger partial charge in [-0.3, -0.25) is 9.78 Å². The molecule has 6 heteroatoms. The van der Waals surface area contributed by atoms with E-state index in [0.717, 1.165) is 4.42 Å². The van der Waals surface area contributed by atoms with Crippen molar-refractivity contribution in [3.05, 3.63) is 53.6 Å². The first-order valence-electron chi connectivity index (χ1n) is 4.71. The van der Waals surface area contributed by atoms with E-state index in [4.69, 9.17) is 23.4 Å². The molecule has 0 saturated carbocycles. The average molecular weight is 268 g/mol. The van der Waals surface area contributed by atoms with Crippen LogP contribution >= 0.6 is 23.4 Å². The molecule has 0 saturated heterocycles. The standard InChI is InChI=1S/C11H7Cl2N3O/c12-10-9(4-2-6-15-10)16(13)11(17)8-3-1-5-14-7-8/h1-7H. The lowest BCUT2D eigenvalue weighted by atomic mass is 10.2. The molecule has 2 aromatic rings. The SMILES string of the molecule is O=C(c1cccnc1)N(Cl)c1cccnc1Cl. The van der Waals surface area contributed by atoms with Gasteiger partial charge in [0.2, 0.25) is 0 Å². The van der Waals surface area contributed by atoms with Crippen LogP contribution in [0.5, 0.6) is 0 Å². The quantitative estimate of drug-likeness (QED) is 0.621. The highest BCUT2D eigenvalue weighted by molar-refractivity contribution is 6.42. The Labute approximate surface area is 108 Å². The number of rotatable bonds is 2. The third-order valence-electron chi connectivity index (χ3n) is 2.04. The summed E-state index contributed by atoms with van der Waals surface area (Å²) in [6.45, 7) is 0. The minimum absolute atomic E-state index is 0.166. The van der Waals surface area contributed by atoms with Crippen LogP contribution < -0.4 is 4.42 Å². The van der Waals surface area contributed by atoms with E-state index in [-0.39, 0.29) is 5.15 Å². The molecule has 2 rings (SSSR count). The van der Waals surface area contributed by atoms with Crippen LogP contribution in [0, 0.1) is 0 Å². The van der Waals surface area contributed by atoms with Gasteiger partial charge in [0.25, 0.3) is 5.91 Å². The number of aromatic nitrogens is 2. The first-order valence-corrected chi connectivity index (χ1v) is 5.42. The monoisotopic (exact) mass is 267 g/mol. The molecule has 0 atom stereocenters. The van der Waals surface area contributed by atoms with Gasteiger partial charge in [0.1, 0.15) is 0 Å². The molecule has 0 bridgehead atoms. The normalized spacial score (nSPS) is 10.0. The molecule has 0 unspecified atom stereocenters. The fraction of sp³-hybridized carbons (Fsp3) is 0. The van der Waals surface area contributed by atoms with Gasteiger partial charge >= 0.3 is 0 Å². The van der Waals surface area contributed by atoms with Crippen LogP contribution in [-0.2, 0) is 0 Å². The van der Waals surface area contributed by atoms with Crippen LogP contribution in [-0.4, -0.2) is 15.9 Å². The summed E-state index contributed by atoms with van der Waals surface area (Å²) in [4.78, 5) is 19.7. The van der Waals surface area contributed by atoms with E-state index in [2.05, 4.69) is 9.97 Å². The Hall–Kier alpha value is -1.65. The van der Waals surface area contributed by atoms with Crippen molar-refractivity contribution in [1.82, 2.24) is 9.97 Å². The van der Waals surface area contributed by atoms with Gasteiger partial charge in [0.15, 0.2) is 5.15 Å². The predicted molar refractivity (Wildman–Crippen MR) is 66.1 cm³/mol. The lowest BCUT2D eigenvalue weighted by Crippen LogP contribution is -2.21. The molecule has 2 heterocycles. The number of hydrogen-bond acceptors (Lipinski definition) is 3. The molecule has 0 spiro atoms. The summed E-state index contributed by atoms with van der Waals surface area (Å²) in [5, 5.41) is 0.166. The zero-order chi connectivity index (χ0) is 12.3. The molecule has 0 fully saturated rings. The Balaban J connectivity index is 2.30. The number of hydrogen-bond donors (Lipinski definition) is 0. The van der Waals surface area contributed by atoms with Gasteiger partial charge in [-0.15, -0.1) is 0 Å². The minimum atomic E-state index is -0.408. The van der Waals surface area contributed by atoms with Gasteiger partial charge in [-0.25, -0.2) is 9.40 Å². The van der Waals surface area contributed by atoms with Crippen LogP contribution in [0.1, 0.15) is 10.4 Å². The third kappa shape index (κ3) is 2.54. The largest absolute Gasteiger partial charge is 0.274 e. The van der Waals surface area contributed by atoms with Crippen molar-refractivity contribution in [2.75, 3.05) is 4.42 Å². The fourth-order valence-electron chi connectivity index (χ4n) is 1.24. The molecule has 2 aromatic heterocycles. The van der Waals surface area contributed by atoms with E-state index in [0.29, 0.717) is 11.3 Å². The molecule has 1 amide bonds. The molecule has 17 heavy (non-hydrogen) atoms. The summed E-state index contributed by atoms with van der Waals surface area (Å²) in [7, 11) is 0. The van der Waals surface area contributed by atoms with Gasteiger partial charge in [0, 0.05) is 30.4 Å². The van der Waals surface area contributed by atoms with Gasteiger partial charge < -0.3 is 0 Å². The molecular weight excluding hydrogens is 261 g/mol. The van der Waals surface area contributed by atoms with Crippen LogP contribution in [0.2, 0.25) is 5.15 Å². The second-order valence-electron chi connectivity index (χ2n) is 3.14. The van der Waals surface area contributed by atoms with E-state index >= 15 is 0 Å². The summed E-state index contributed by atoms with van der Waals surface area (Å²) < 4.78 is 0.923. The summed E-state index contributed by atoms with van der Waals surface area (Å²) in [6, 6.07) is 6.53. The lowest BCUT2D eigenvalue weighted by Gasteiger charge is -2.14. The van der Waals surface area contributed by atoms with E-state index in [1.165, 1.54) is 12.4 Å². The van der Waals surface area contributed by atoms with Crippen molar-refractivity contribution >= 4 is 35.0 Å². The Morgan fingerprint density at radius 2 is 2.00 bits per heavy atom. The van der Waals surface area contributed by atoms with E-state index in [1.807, 2.05) is 0 Å². The minimum Gasteiger partial charge on any atom is -0.267 e. The number of pyridine rings is 2. The van der Waals surface area contributed by atoms with Gasteiger partial charge in [-0.1, -0.05) is 11.6 Å². The molecule has 0 aliphatic heterocycles. The number of carbonyl (C=O) groups excluding carboxylic acids is 1. The third-order valence-corrected chi connectivity index (χ3v) is 2.66. The first-order chi connectivity index (χ1) is 8.20. The second kappa shape index (κ2) is 5.12. The van der Waals surface area contributed by atoms with Crippen molar-refractivity contribution in [3.63, 3.8) is 0 Å². The average Bonchev–Trinajstić information content (AvgIpc) is 2.39. The smallest absolute Gasteiger partial charge is 0.267 e. The highest BCUT2D eigenvalue weighted by Crippen LogP contribution is 2.25. The van der Waals surface area contributed by atoms with Crippen molar-refractivity contribution in [3.8, 4) is 0 Å².